The minimum absolute atomic E-state index is 0.0338. The van der Waals surface area contributed by atoms with Crippen LogP contribution in [0.25, 0.3) is 0 Å². The van der Waals surface area contributed by atoms with Crippen LogP contribution in [0, 0.1) is 5.41 Å². The van der Waals surface area contributed by atoms with Gasteiger partial charge < -0.3 is 10.6 Å². The third-order valence-electron chi connectivity index (χ3n) is 3.11. The fraction of sp³-hybridized carbons (Fsp3) is 0.500. The Hall–Kier alpha value is -1.58. The van der Waals surface area contributed by atoms with Gasteiger partial charge in [0.1, 0.15) is 17.3 Å². The number of amidine groups is 1. The average molecular weight is 218 g/mol. The first-order valence-corrected chi connectivity index (χ1v) is 5.76. The Labute approximate surface area is 96.0 Å². The smallest absolute Gasteiger partial charge is 0.141 e. The molecule has 1 atom stereocenters. The van der Waals surface area contributed by atoms with Gasteiger partial charge in [-0.2, -0.15) is 0 Å². The molecule has 1 saturated heterocycles. The number of rotatable bonds is 2. The lowest BCUT2D eigenvalue weighted by Gasteiger charge is -2.34. The summed E-state index contributed by atoms with van der Waals surface area (Å²) in [4.78, 5) is 6.72. The molecule has 0 aromatic carbocycles. The van der Waals surface area contributed by atoms with E-state index in [4.69, 9.17) is 11.1 Å². The first kappa shape index (κ1) is 10.9. The van der Waals surface area contributed by atoms with Gasteiger partial charge in [0.2, 0.25) is 0 Å². The molecule has 4 heteroatoms. The Kier molecular flexibility index (Phi) is 3.08. The summed E-state index contributed by atoms with van der Waals surface area (Å²) in [5.41, 5.74) is 6.01. The molecule has 0 spiro atoms. The topological polar surface area (TPSA) is 66.0 Å². The van der Waals surface area contributed by atoms with E-state index in [9.17, 15) is 0 Å². The van der Waals surface area contributed by atoms with Crippen molar-refractivity contribution in [3.05, 3.63) is 23.9 Å². The number of hydrogen-bond acceptors (Lipinski definition) is 3. The van der Waals surface area contributed by atoms with Gasteiger partial charge in [-0.25, -0.2) is 4.98 Å². The van der Waals surface area contributed by atoms with Crippen molar-refractivity contribution in [1.29, 1.82) is 5.41 Å². The Bertz CT molecular complexity index is 388. The second kappa shape index (κ2) is 4.51. The molecular formula is C12H18N4. The summed E-state index contributed by atoms with van der Waals surface area (Å²) in [6.45, 7) is 3.27. The fourth-order valence-corrected chi connectivity index (χ4v) is 2.17. The van der Waals surface area contributed by atoms with Crippen LogP contribution in [0.2, 0.25) is 0 Å². The van der Waals surface area contributed by atoms with E-state index in [1.54, 1.807) is 6.07 Å². The van der Waals surface area contributed by atoms with Crippen LogP contribution in [0.1, 0.15) is 31.9 Å². The van der Waals surface area contributed by atoms with Crippen LogP contribution in [0.4, 0.5) is 5.82 Å². The van der Waals surface area contributed by atoms with Gasteiger partial charge in [0.25, 0.3) is 0 Å². The highest BCUT2D eigenvalue weighted by atomic mass is 15.2. The van der Waals surface area contributed by atoms with E-state index >= 15 is 0 Å². The zero-order chi connectivity index (χ0) is 11.5. The van der Waals surface area contributed by atoms with E-state index < -0.39 is 0 Å². The number of nitrogen functional groups attached to an aromatic ring is 1. The monoisotopic (exact) mass is 218 g/mol. The zero-order valence-corrected chi connectivity index (χ0v) is 9.61. The van der Waals surface area contributed by atoms with Crippen LogP contribution in [-0.2, 0) is 0 Å². The van der Waals surface area contributed by atoms with Crippen molar-refractivity contribution in [1.82, 2.24) is 4.98 Å². The second-order valence-electron chi connectivity index (χ2n) is 4.33. The minimum atomic E-state index is 0.0338. The lowest BCUT2D eigenvalue weighted by atomic mass is 10.0. The SMILES string of the molecule is CC1CCCCN1c1cccc(C(=N)N)n1. The van der Waals surface area contributed by atoms with Crippen LogP contribution in [0.5, 0.6) is 0 Å². The molecule has 2 rings (SSSR count). The molecule has 86 valence electrons. The zero-order valence-electron chi connectivity index (χ0n) is 9.61. The normalized spacial score (nSPS) is 20.8. The number of pyridine rings is 1. The summed E-state index contributed by atoms with van der Waals surface area (Å²) in [5, 5.41) is 7.39. The van der Waals surface area contributed by atoms with Crippen molar-refractivity contribution in [2.75, 3.05) is 11.4 Å². The van der Waals surface area contributed by atoms with Crippen LogP contribution in [0.3, 0.4) is 0 Å². The second-order valence-corrected chi connectivity index (χ2v) is 4.33. The van der Waals surface area contributed by atoms with Crippen molar-refractivity contribution in [2.24, 2.45) is 5.73 Å². The number of nitrogens with zero attached hydrogens (tertiary/aromatic N) is 2. The summed E-state index contributed by atoms with van der Waals surface area (Å²) in [6.07, 6.45) is 3.73. The molecule has 2 heterocycles. The number of nitrogens with two attached hydrogens (primary N) is 1. The molecule has 4 nitrogen and oxygen atoms in total. The van der Waals surface area contributed by atoms with Gasteiger partial charge in [0, 0.05) is 12.6 Å². The molecule has 16 heavy (non-hydrogen) atoms. The van der Waals surface area contributed by atoms with Gasteiger partial charge in [0.05, 0.1) is 0 Å². The average Bonchev–Trinajstić information content (AvgIpc) is 2.30. The molecule has 1 aliphatic heterocycles. The molecule has 0 amide bonds. The van der Waals surface area contributed by atoms with Gasteiger partial charge >= 0.3 is 0 Å². The van der Waals surface area contributed by atoms with E-state index in [0.29, 0.717) is 11.7 Å². The third kappa shape index (κ3) is 2.15. The number of aromatic nitrogens is 1. The minimum Gasteiger partial charge on any atom is -0.382 e. The summed E-state index contributed by atoms with van der Waals surface area (Å²) in [6, 6.07) is 6.22. The predicted molar refractivity (Wildman–Crippen MR) is 65.9 cm³/mol. The van der Waals surface area contributed by atoms with Gasteiger partial charge in [-0.15, -0.1) is 0 Å². The molecule has 3 N–H and O–H groups in total. The maximum absolute atomic E-state index is 7.39. The van der Waals surface area contributed by atoms with Gasteiger partial charge in [0.15, 0.2) is 0 Å². The van der Waals surface area contributed by atoms with Gasteiger partial charge in [-0.3, -0.25) is 5.41 Å². The highest BCUT2D eigenvalue weighted by Gasteiger charge is 2.19. The summed E-state index contributed by atoms with van der Waals surface area (Å²) < 4.78 is 0. The Morgan fingerprint density at radius 3 is 3.00 bits per heavy atom. The maximum atomic E-state index is 7.39. The van der Waals surface area contributed by atoms with E-state index in [-0.39, 0.29) is 5.84 Å². The Balaban J connectivity index is 2.25. The first-order chi connectivity index (χ1) is 7.68. The Morgan fingerprint density at radius 2 is 2.31 bits per heavy atom. The Morgan fingerprint density at radius 1 is 1.50 bits per heavy atom. The number of anilines is 1. The molecule has 0 radical (unpaired) electrons. The fourth-order valence-electron chi connectivity index (χ4n) is 2.17. The number of nitrogens with one attached hydrogen (secondary N) is 1. The number of hydrogen-bond donors (Lipinski definition) is 2. The quantitative estimate of drug-likeness (QED) is 0.587. The maximum Gasteiger partial charge on any atom is 0.141 e. The summed E-state index contributed by atoms with van der Waals surface area (Å²) >= 11 is 0. The van der Waals surface area contributed by atoms with Crippen LogP contribution < -0.4 is 10.6 Å². The lowest BCUT2D eigenvalue weighted by Crippen LogP contribution is -2.38. The molecule has 1 aromatic rings. The molecule has 1 unspecified atom stereocenters. The van der Waals surface area contributed by atoms with E-state index in [0.717, 1.165) is 12.4 Å². The first-order valence-electron chi connectivity index (χ1n) is 5.76. The van der Waals surface area contributed by atoms with Crippen molar-refractivity contribution < 1.29 is 0 Å². The molecule has 0 aliphatic carbocycles. The van der Waals surface area contributed by atoms with Gasteiger partial charge in [-0.1, -0.05) is 6.07 Å². The van der Waals surface area contributed by atoms with E-state index in [2.05, 4.69) is 16.8 Å². The van der Waals surface area contributed by atoms with E-state index in [1.807, 2.05) is 12.1 Å². The van der Waals surface area contributed by atoms with Crippen LogP contribution in [0.15, 0.2) is 18.2 Å². The molecule has 1 aromatic heterocycles. The van der Waals surface area contributed by atoms with Crippen molar-refractivity contribution in [3.63, 3.8) is 0 Å². The molecule has 1 aliphatic rings. The predicted octanol–water partition coefficient (Wildman–Crippen LogP) is 1.74. The molecule has 0 saturated carbocycles. The highest BCUT2D eigenvalue weighted by Crippen LogP contribution is 2.22. The molecule has 1 fully saturated rings. The highest BCUT2D eigenvalue weighted by molar-refractivity contribution is 5.93. The lowest BCUT2D eigenvalue weighted by molar-refractivity contribution is 0.481. The van der Waals surface area contributed by atoms with Crippen LogP contribution >= 0.6 is 0 Å². The largest absolute Gasteiger partial charge is 0.382 e. The van der Waals surface area contributed by atoms with Crippen molar-refractivity contribution >= 4 is 11.7 Å². The summed E-state index contributed by atoms with van der Waals surface area (Å²) in [5.74, 6) is 0.978. The van der Waals surface area contributed by atoms with Crippen molar-refractivity contribution in [3.8, 4) is 0 Å². The molecular weight excluding hydrogens is 200 g/mol. The van der Waals surface area contributed by atoms with E-state index in [1.165, 1.54) is 19.3 Å². The van der Waals surface area contributed by atoms with Crippen molar-refractivity contribution in [2.45, 2.75) is 32.2 Å². The van der Waals surface area contributed by atoms with Crippen LogP contribution in [-0.4, -0.2) is 23.4 Å². The molecule has 0 bridgehead atoms. The van der Waals surface area contributed by atoms with Gasteiger partial charge in [-0.05, 0) is 38.3 Å². The third-order valence-corrected chi connectivity index (χ3v) is 3.11. The summed E-state index contributed by atoms with van der Waals surface area (Å²) in [7, 11) is 0. The number of piperidine rings is 1. The standard InChI is InChI=1S/C12H18N4/c1-9-5-2-3-8-16(9)11-7-4-6-10(15-11)12(13)14/h4,6-7,9H,2-3,5,8H2,1H3,(H3,13,14).